The second kappa shape index (κ2) is 7.79. The molecule has 0 aromatic heterocycles. The topological polar surface area (TPSA) is 91.7 Å². The van der Waals surface area contributed by atoms with Crippen LogP contribution in [0.4, 0.5) is 11.4 Å². The normalized spacial score (nSPS) is 16.0. The fourth-order valence-corrected chi connectivity index (χ4v) is 3.04. The van der Waals surface area contributed by atoms with Crippen LogP contribution in [0.5, 0.6) is 11.5 Å². The van der Waals surface area contributed by atoms with Crippen LogP contribution in [0.3, 0.4) is 0 Å². The van der Waals surface area contributed by atoms with Gasteiger partial charge in [-0.3, -0.25) is 9.59 Å². The second-order valence-electron chi connectivity index (χ2n) is 6.13. The van der Waals surface area contributed by atoms with Crippen LogP contribution in [0.15, 0.2) is 42.5 Å². The van der Waals surface area contributed by atoms with E-state index in [9.17, 15) is 9.59 Å². The van der Waals surface area contributed by atoms with Crippen molar-refractivity contribution in [1.29, 1.82) is 5.26 Å². The molecule has 27 heavy (non-hydrogen) atoms. The molecule has 2 aromatic rings. The number of amides is 2. The smallest absolute Gasteiger partial charge is 0.229 e. The molecule has 1 N–H and O–H groups in total. The van der Waals surface area contributed by atoms with Crippen LogP contribution < -0.4 is 19.7 Å². The third-order valence-corrected chi connectivity index (χ3v) is 4.43. The molecule has 2 amide bonds. The SMILES string of the molecule is COc1ccc(N2CC(C(=O)Nc3cccc(C#N)c3)CC2=O)cc1OC. The Morgan fingerprint density at radius 2 is 1.96 bits per heavy atom. The molecule has 0 bridgehead atoms. The number of carbonyl (C=O) groups excluding carboxylic acids is 2. The largest absolute Gasteiger partial charge is 0.493 e. The monoisotopic (exact) mass is 365 g/mol. The summed E-state index contributed by atoms with van der Waals surface area (Å²) in [6, 6.07) is 13.9. The molecule has 0 spiro atoms. The van der Waals surface area contributed by atoms with E-state index < -0.39 is 5.92 Å². The van der Waals surface area contributed by atoms with Gasteiger partial charge in [0, 0.05) is 30.4 Å². The van der Waals surface area contributed by atoms with Gasteiger partial charge in [-0.15, -0.1) is 0 Å². The molecule has 3 rings (SSSR count). The van der Waals surface area contributed by atoms with E-state index in [1.54, 1.807) is 54.5 Å². The number of benzene rings is 2. The Kier molecular flexibility index (Phi) is 5.27. The highest BCUT2D eigenvalue weighted by Crippen LogP contribution is 2.34. The molecule has 1 atom stereocenters. The predicted octanol–water partition coefficient (Wildman–Crippen LogP) is 2.57. The molecule has 1 aliphatic heterocycles. The number of nitriles is 1. The lowest BCUT2D eigenvalue weighted by Crippen LogP contribution is -2.28. The Balaban J connectivity index is 1.73. The molecule has 138 valence electrons. The number of methoxy groups -OCH3 is 2. The molecule has 0 aliphatic carbocycles. The van der Waals surface area contributed by atoms with Crippen molar-refractivity contribution in [3.05, 3.63) is 48.0 Å². The quantitative estimate of drug-likeness (QED) is 0.879. The van der Waals surface area contributed by atoms with Gasteiger partial charge in [-0.05, 0) is 30.3 Å². The summed E-state index contributed by atoms with van der Waals surface area (Å²) in [5.41, 5.74) is 1.65. The number of ether oxygens (including phenoxy) is 2. The molecule has 1 fully saturated rings. The maximum Gasteiger partial charge on any atom is 0.229 e. The van der Waals surface area contributed by atoms with Crippen molar-refractivity contribution >= 4 is 23.2 Å². The summed E-state index contributed by atoms with van der Waals surface area (Å²) in [5.74, 6) is 0.231. The van der Waals surface area contributed by atoms with Gasteiger partial charge in [0.15, 0.2) is 11.5 Å². The first-order chi connectivity index (χ1) is 13.0. The van der Waals surface area contributed by atoms with Crippen LogP contribution in [0, 0.1) is 17.2 Å². The molecule has 2 aromatic carbocycles. The summed E-state index contributed by atoms with van der Waals surface area (Å²) in [5, 5.41) is 11.7. The standard InChI is InChI=1S/C20H19N3O4/c1-26-17-7-6-16(10-18(17)27-2)23-12-14(9-19(23)24)20(25)22-15-5-3-4-13(8-15)11-21/h3-8,10,14H,9,12H2,1-2H3,(H,22,25). The Morgan fingerprint density at radius 1 is 1.19 bits per heavy atom. The second-order valence-corrected chi connectivity index (χ2v) is 6.13. The van der Waals surface area contributed by atoms with Crippen LogP contribution in [0.2, 0.25) is 0 Å². The zero-order chi connectivity index (χ0) is 19.4. The van der Waals surface area contributed by atoms with Crippen LogP contribution in [-0.2, 0) is 9.59 Å². The number of nitrogens with one attached hydrogen (secondary N) is 1. The summed E-state index contributed by atoms with van der Waals surface area (Å²) >= 11 is 0. The lowest BCUT2D eigenvalue weighted by Gasteiger charge is -2.18. The molecule has 1 saturated heterocycles. The van der Waals surface area contributed by atoms with Crippen molar-refractivity contribution in [3.63, 3.8) is 0 Å². The highest BCUT2D eigenvalue weighted by molar-refractivity contribution is 6.03. The number of nitrogens with zero attached hydrogens (tertiary/aromatic N) is 2. The Hall–Kier alpha value is -3.53. The van der Waals surface area contributed by atoms with E-state index in [2.05, 4.69) is 5.32 Å². The van der Waals surface area contributed by atoms with Crippen molar-refractivity contribution in [3.8, 4) is 17.6 Å². The molecule has 0 radical (unpaired) electrons. The minimum absolute atomic E-state index is 0.123. The number of anilines is 2. The van der Waals surface area contributed by atoms with E-state index in [0.717, 1.165) is 0 Å². The first-order valence-corrected chi connectivity index (χ1v) is 8.39. The maximum atomic E-state index is 12.5. The third-order valence-electron chi connectivity index (χ3n) is 4.43. The number of hydrogen-bond acceptors (Lipinski definition) is 5. The zero-order valence-electron chi connectivity index (χ0n) is 15.1. The van der Waals surface area contributed by atoms with Gasteiger partial charge in [-0.2, -0.15) is 5.26 Å². The first-order valence-electron chi connectivity index (χ1n) is 8.39. The lowest BCUT2D eigenvalue weighted by atomic mass is 10.1. The van der Waals surface area contributed by atoms with Crippen molar-refractivity contribution in [2.45, 2.75) is 6.42 Å². The molecule has 1 heterocycles. The predicted molar refractivity (Wildman–Crippen MR) is 99.8 cm³/mol. The Labute approximate surface area is 157 Å². The minimum Gasteiger partial charge on any atom is -0.493 e. The Bertz CT molecular complexity index is 920. The van der Waals surface area contributed by atoms with Gasteiger partial charge in [0.25, 0.3) is 0 Å². The number of hydrogen-bond donors (Lipinski definition) is 1. The summed E-state index contributed by atoms with van der Waals surface area (Å²) in [4.78, 5) is 26.5. The number of rotatable bonds is 5. The van der Waals surface area contributed by atoms with E-state index in [4.69, 9.17) is 14.7 Å². The average molecular weight is 365 g/mol. The van der Waals surface area contributed by atoms with E-state index >= 15 is 0 Å². The molecule has 1 aliphatic rings. The lowest BCUT2D eigenvalue weighted by molar-refractivity contribution is -0.122. The molecular weight excluding hydrogens is 346 g/mol. The van der Waals surface area contributed by atoms with Gasteiger partial charge < -0.3 is 19.7 Å². The van der Waals surface area contributed by atoms with Crippen LogP contribution >= 0.6 is 0 Å². The van der Waals surface area contributed by atoms with Crippen molar-refractivity contribution in [2.75, 3.05) is 31.0 Å². The van der Waals surface area contributed by atoms with Crippen molar-refractivity contribution in [1.82, 2.24) is 0 Å². The van der Waals surface area contributed by atoms with Gasteiger partial charge in [-0.1, -0.05) is 6.07 Å². The third kappa shape index (κ3) is 3.85. The van der Waals surface area contributed by atoms with Gasteiger partial charge in [0.2, 0.25) is 11.8 Å². The van der Waals surface area contributed by atoms with Gasteiger partial charge >= 0.3 is 0 Å². The fourth-order valence-electron chi connectivity index (χ4n) is 3.04. The van der Waals surface area contributed by atoms with Crippen LogP contribution in [0.25, 0.3) is 0 Å². The molecule has 0 saturated carbocycles. The highest BCUT2D eigenvalue weighted by atomic mass is 16.5. The van der Waals surface area contributed by atoms with Crippen molar-refractivity contribution in [2.24, 2.45) is 5.92 Å². The van der Waals surface area contributed by atoms with Gasteiger partial charge in [0.1, 0.15) is 0 Å². The summed E-state index contributed by atoms with van der Waals surface area (Å²) in [7, 11) is 3.07. The zero-order valence-corrected chi connectivity index (χ0v) is 15.1. The number of carbonyl (C=O) groups is 2. The van der Waals surface area contributed by atoms with E-state index in [1.807, 2.05) is 6.07 Å². The maximum absolute atomic E-state index is 12.5. The Morgan fingerprint density at radius 3 is 2.67 bits per heavy atom. The highest BCUT2D eigenvalue weighted by Gasteiger charge is 2.35. The van der Waals surface area contributed by atoms with Crippen LogP contribution in [0.1, 0.15) is 12.0 Å². The van der Waals surface area contributed by atoms with E-state index in [1.165, 1.54) is 7.11 Å². The fraction of sp³-hybridized carbons (Fsp3) is 0.250. The van der Waals surface area contributed by atoms with Crippen molar-refractivity contribution < 1.29 is 19.1 Å². The van der Waals surface area contributed by atoms with Crippen LogP contribution in [-0.4, -0.2) is 32.6 Å². The molecule has 1 unspecified atom stereocenters. The summed E-state index contributed by atoms with van der Waals surface area (Å²) in [6.45, 7) is 0.276. The van der Waals surface area contributed by atoms with E-state index in [0.29, 0.717) is 28.4 Å². The summed E-state index contributed by atoms with van der Waals surface area (Å²) in [6.07, 6.45) is 0.123. The average Bonchev–Trinajstić information content (AvgIpc) is 3.09. The summed E-state index contributed by atoms with van der Waals surface area (Å²) < 4.78 is 10.5. The molecule has 7 heteroatoms. The molecular formula is C20H19N3O4. The van der Waals surface area contributed by atoms with Gasteiger partial charge in [-0.25, -0.2) is 0 Å². The minimum atomic E-state index is -0.476. The first kappa shape index (κ1) is 18.3. The van der Waals surface area contributed by atoms with Gasteiger partial charge in [0.05, 0.1) is 31.8 Å². The molecule has 7 nitrogen and oxygen atoms in total. The van der Waals surface area contributed by atoms with E-state index in [-0.39, 0.29) is 24.8 Å².